The molecule has 0 saturated heterocycles. The van der Waals surface area contributed by atoms with Crippen LogP contribution in [0, 0.1) is 0 Å². The van der Waals surface area contributed by atoms with Gasteiger partial charge in [0.1, 0.15) is 0 Å². The van der Waals surface area contributed by atoms with Crippen LogP contribution >= 0.6 is 0 Å². The highest BCUT2D eigenvalue weighted by atomic mass is 16.5. The smallest absolute Gasteiger partial charge is 0.333 e. The summed E-state index contributed by atoms with van der Waals surface area (Å²) in [5.74, 6) is 1.05. The van der Waals surface area contributed by atoms with Crippen LogP contribution in [0.5, 0.6) is 11.5 Å². The SMILES string of the molecule is CC/C(=C/CNc1ccc(OC)c(OC)c1)C(=O)OC. The van der Waals surface area contributed by atoms with Gasteiger partial charge in [0.2, 0.25) is 0 Å². The van der Waals surface area contributed by atoms with E-state index in [9.17, 15) is 4.79 Å². The highest BCUT2D eigenvalue weighted by Crippen LogP contribution is 2.29. The number of hydrogen-bond acceptors (Lipinski definition) is 5. The fourth-order valence-corrected chi connectivity index (χ4v) is 1.74. The summed E-state index contributed by atoms with van der Waals surface area (Å²) in [5, 5.41) is 3.19. The normalized spacial score (nSPS) is 10.9. The van der Waals surface area contributed by atoms with E-state index >= 15 is 0 Å². The van der Waals surface area contributed by atoms with Crippen LogP contribution in [0.15, 0.2) is 29.8 Å². The zero-order valence-corrected chi connectivity index (χ0v) is 12.4. The lowest BCUT2D eigenvalue weighted by Crippen LogP contribution is -2.07. The van der Waals surface area contributed by atoms with E-state index in [1.165, 1.54) is 7.11 Å². The predicted molar refractivity (Wildman–Crippen MR) is 78.4 cm³/mol. The van der Waals surface area contributed by atoms with Crippen molar-refractivity contribution in [3.8, 4) is 11.5 Å². The number of methoxy groups -OCH3 is 3. The maximum Gasteiger partial charge on any atom is 0.333 e. The number of nitrogens with one attached hydrogen (secondary N) is 1. The Morgan fingerprint density at radius 2 is 1.90 bits per heavy atom. The van der Waals surface area contributed by atoms with Gasteiger partial charge < -0.3 is 19.5 Å². The van der Waals surface area contributed by atoms with Gasteiger partial charge in [0.05, 0.1) is 21.3 Å². The van der Waals surface area contributed by atoms with Crippen molar-refractivity contribution in [1.82, 2.24) is 0 Å². The van der Waals surface area contributed by atoms with E-state index in [0.717, 1.165) is 5.69 Å². The summed E-state index contributed by atoms with van der Waals surface area (Å²) in [6.07, 6.45) is 2.46. The van der Waals surface area contributed by atoms with E-state index < -0.39 is 0 Å². The molecule has 0 heterocycles. The topological polar surface area (TPSA) is 56.8 Å². The summed E-state index contributed by atoms with van der Waals surface area (Å²) >= 11 is 0. The van der Waals surface area contributed by atoms with Crippen LogP contribution in [0.25, 0.3) is 0 Å². The van der Waals surface area contributed by atoms with Gasteiger partial charge in [-0.3, -0.25) is 0 Å². The van der Waals surface area contributed by atoms with Gasteiger partial charge in [-0.1, -0.05) is 13.0 Å². The molecule has 0 unspecified atom stereocenters. The van der Waals surface area contributed by atoms with Gasteiger partial charge in [-0.05, 0) is 18.6 Å². The number of esters is 1. The molecule has 0 aliphatic carbocycles. The van der Waals surface area contributed by atoms with Crippen molar-refractivity contribution >= 4 is 11.7 Å². The first-order valence-corrected chi connectivity index (χ1v) is 6.39. The molecular weight excluding hydrogens is 258 g/mol. The van der Waals surface area contributed by atoms with Crippen molar-refractivity contribution in [2.45, 2.75) is 13.3 Å². The fraction of sp³-hybridized carbons (Fsp3) is 0.400. The van der Waals surface area contributed by atoms with E-state index in [-0.39, 0.29) is 5.97 Å². The second-order valence-electron chi connectivity index (χ2n) is 4.03. The van der Waals surface area contributed by atoms with E-state index in [1.54, 1.807) is 14.2 Å². The number of rotatable bonds is 7. The van der Waals surface area contributed by atoms with Gasteiger partial charge in [0, 0.05) is 23.9 Å². The maximum absolute atomic E-state index is 11.4. The molecule has 0 amide bonds. The van der Waals surface area contributed by atoms with Crippen LogP contribution < -0.4 is 14.8 Å². The third-order valence-corrected chi connectivity index (χ3v) is 2.87. The summed E-state index contributed by atoms with van der Waals surface area (Å²) in [6.45, 7) is 2.45. The van der Waals surface area contributed by atoms with Crippen LogP contribution in [-0.2, 0) is 9.53 Å². The van der Waals surface area contributed by atoms with Crippen molar-refractivity contribution < 1.29 is 19.0 Å². The van der Waals surface area contributed by atoms with Gasteiger partial charge in [-0.15, -0.1) is 0 Å². The fourth-order valence-electron chi connectivity index (χ4n) is 1.74. The Balaban J connectivity index is 2.70. The van der Waals surface area contributed by atoms with Crippen LogP contribution in [0.4, 0.5) is 5.69 Å². The first-order chi connectivity index (χ1) is 9.65. The Hall–Kier alpha value is -2.17. The van der Waals surface area contributed by atoms with Crippen LogP contribution in [0.3, 0.4) is 0 Å². The molecule has 0 atom stereocenters. The van der Waals surface area contributed by atoms with Gasteiger partial charge in [-0.25, -0.2) is 4.79 Å². The molecule has 110 valence electrons. The second-order valence-corrected chi connectivity index (χ2v) is 4.03. The first-order valence-electron chi connectivity index (χ1n) is 6.39. The molecule has 1 aromatic rings. The molecule has 1 aromatic carbocycles. The monoisotopic (exact) mass is 279 g/mol. The number of benzene rings is 1. The van der Waals surface area contributed by atoms with Crippen molar-refractivity contribution in [1.29, 1.82) is 0 Å². The zero-order chi connectivity index (χ0) is 15.0. The molecule has 0 bridgehead atoms. The lowest BCUT2D eigenvalue weighted by molar-refractivity contribution is -0.136. The Kier molecular flexibility index (Phi) is 6.43. The third-order valence-electron chi connectivity index (χ3n) is 2.87. The van der Waals surface area contributed by atoms with Crippen molar-refractivity contribution in [2.75, 3.05) is 33.2 Å². The van der Waals surface area contributed by atoms with E-state index in [1.807, 2.05) is 31.2 Å². The molecule has 1 rings (SSSR count). The Bertz CT molecular complexity index is 483. The number of hydrogen-bond donors (Lipinski definition) is 1. The summed E-state index contributed by atoms with van der Waals surface area (Å²) in [4.78, 5) is 11.4. The maximum atomic E-state index is 11.4. The van der Waals surface area contributed by atoms with Gasteiger partial charge in [0.25, 0.3) is 0 Å². The van der Waals surface area contributed by atoms with Gasteiger partial charge in [-0.2, -0.15) is 0 Å². The zero-order valence-electron chi connectivity index (χ0n) is 12.4. The minimum absolute atomic E-state index is 0.290. The summed E-state index contributed by atoms with van der Waals surface area (Å²) in [5.41, 5.74) is 1.54. The van der Waals surface area contributed by atoms with Gasteiger partial charge >= 0.3 is 5.97 Å². The molecule has 0 radical (unpaired) electrons. The molecule has 5 heteroatoms. The van der Waals surface area contributed by atoms with E-state index in [0.29, 0.717) is 30.0 Å². The number of anilines is 1. The Morgan fingerprint density at radius 1 is 1.20 bits per heavy atom. The highest BCUT2D eigenvalue weighted by molar-refractivity contribution is 5.88. The molecule has 5 nitrogen and oxygen atoms in total. The summed E-state index contributed by atoms with van der Waals surface area (Å²) in [7, 11) is 4.57. The van der Waals surface area contributed by atoms with Crippen LogP contribution in [0.2, 0.25) is 0 Å². The van der Waals surface area contributed by atoms with Crippen LogP contribution in [-0.4, -0.2) is 33.8 Å². The molecule has 0 aromatic heterocycles. The Morgan fingerprint density at radius 3 is 2.45 bits per heavy atom. The molecule has 0 saturated carbocycles. The largest absolute Gasteiger partial charge is 0.493 e. The molecule has 0 aliphatic rings. The molecule has 1 N–H and O–H groups in total. The average Bonchev–Trinajstić information content (AvgIpc) is 2.50. The first kappa shape index (κ1) is 15.9. The molecular formula is C15H21NO4. The van der Waals surface area contributed by atoms with Crippen molar-refractivity contribution in [3.05, 3.63) is 29.8 Å². The summed E-state index contributed by atoms with van der Waals surface area (Å²) < 4.78 is 15.1. The minimum atomic E-state index is -0.290. The molecule has 0 spiro atoms. The summed E-state index contributed by atoms with van der Waals surface area (Å²) in [6, 6.07) is 5.56. The minimum Gasteiger partial charge on any atom is -0.493 e. The number of ether oxygens (including phenoxy) is 3. The van der Waals surface area contributed by atoms with E-state index in [2.05, 4.69) is 5.32 Å². The number of carbonyl (C=O) groups excluding carboxylic acids is 1. The lowest BCUT2D eigenvalue weighted by atomic mass is 10.2. The third kappa shape index (κ3) is 4.19. The molecule has 20 heavy (non-hydrogen) atoms. The second kappa shape index (κ2) is 8.09. The lowest BCUT2D eigenvalue weighted by Gasteiger charge is -2.10. The quantitative estimate of drug-likeness (QED) is 0.614. The number of carbonyl (C=O) groups is 1. The van der Waals surface area contributed by atoms with Crippen LogP contribution in [0.1, 0.15) is 13.3 Å². The predicted octanol–water partition coefficient (Wildman–Crippen LogP) is 2.63. The molecule has 0 aliphatic heterocycles. The van der Waals surface area contributed by atoms with Crippen molar-refractivity contribution in [2.24, 2.45) is 0 Å². The van der Waals surface area contributed by atoms with Crippen molar-refractivity contribution in [3.63, 3.8) is 0 Å². The average molecular weight is 279 g/mol. The van der Waals surface area contributed by atoms with Gasteiger partial charge in [0.15, 0.2) is 11.5 Å². The van der Waals surface area contributed by atoms with E-state index in [4.69, 9.17) is 14.2 Å². The highest BCUT2D eigenvalue weighted by Gasteiger charge is 2.06. The molecule has 0 fully saturated rings. The standard InChI is InChI=1S/C15H21NO4/c1-5-11(15(17)20-4)8-9-16-12-6-7-13(18-2)14(10-12)19-3/h6-8,10,16H,5,9H2,1-4H3/b11-8-. The Labute approximate surface area is 119 Å².